The average molecular weight is 179 g/mol. The highest BCUT2D eigenvalue weighted by atomic mass is 19.4. The number of aromatic nitrogens is 2. The zero-order valence-electron chi connectivity index (χ0n) is 6.39. The van der Waals surface area contributed by atoms with Gasteiger partial charge < -0.3 is 5.73 Å². The SMILES string of the molecule is Cc1cn(CC(F)(F)F)nc1N. The van der Waals surface area contributed by atoms with Crippen molar-refractivity contribution < 1.29 is 13.2 Å². The van der Waals surface area contributed by atoms with Crippen molar-refractivity contribution in [2.75, 3.05) is 5.73 Å². The van der Waals surface area contributed by atoms with Gasteiger partial charge in [-0.05, 0) is 6.92 Å². The van der Waals surface area contributed by atoms with Gasteiger partial charge in [0.25, 0.3) is 0 Å². The van der Waals surface area contributed by atoms with E-state index in [-0.39, 0.29) is 5.82 Å². The lowest BCUT2D eigenvalue weighted by Crippen LogP contribution is -2.18. The van der Waals surface area contributed by atoms with Crippen molar-refractivity contribution >= 4 is 5.82 Å². The third-order valence-corrected chi connectivity index (χ3v) is 1.32. The number of hydrogen-bond acceptors (Lipinski definition) is 2. The van der Waals surface area contributed by atoms with Crippen LogP contribution in [0.15, 0.2) is 6.20 Å². The lowest BCUT2D eigenvalue weighted by molar-refractivity contribution is -0.142. The molecule has 0 aliphatic rings. The van der Waals surface area contributed by atoms with Crippen LogP contribution >= 0.6 is 0 Å². The van der Waals surface area contributed by atoms with Crippen molar-refractivity contribution in [2.45, 2.75) is 19.6 Å². The highest BCUT2D eigenvalue weighted by Gasteiger charge is 2.28. The van der Waals surface area contributed by atoms with E-state index in [1.807, 2.05) is 0 Å². The molecule has 3 nitrogen and oxygen atoms in total. The summed E-state index contributed by atoms with van der Waals surface area (Å²) in [6.45, 7) is 0.514. The van der Waals surface area contributed by atoms with E-state index < -0.39 is 12.7 Å². The Balaban J connectivity index is 2.77. The van der Waals surface area contributed by atoms with Crippen LogP contribution in [0.4, 0.5) is 19.0 Å². The van der Waals surface area contributed by atoms with Crippen molar-refractivity contribution in [3.05, 3.63) is 11.8 Å². The second-order valence-electron chi connectivity index (χ2n) is 2.51. The first-order valence-corrected chi connectivity index (χ1v) is 3.25. The molecule has 0 saturated carbocycles. The monoisotopic (exact) mass is 179 g/mol. The molecule has 1 heterocycles. The van der Waals surface area contributed by atoms with E-state index in [0.717, 1.165) is 4.68 Å². The lowest BCUT2D eigenvalue weighted by atomic mass is 10.4. The van der Waals surface area contributed by atoms with E-state index >= 15 is 0 Å². The summed E-state index contributed by atoms with van der Waals surface area (Å²) in [5.41, 5.74) is 5.82. The zero-order chi connectivity index (χ0) is 9.35. The van der Waals surface area contributed by atoms with Gasteiger partial charge in [-0.15, -0.1) is 0 Å². The molecule has 0 fully saturated rings. The smallest absolute Gasteiger partial charge is 0.382 e. The van der Waals surface area contributed by atoms with Crippen LogP contribution < -0.4 is 5.73 Å². The van der Waals surface area contributed by atoms with Crippen molar-refractivity contribution in [3.8, 4) is 0 Å². The number of nitrogens with two attached hydrogens (primary N) is 1. The van der Waals surface area contributed by atoms with Crippen LogP contribution in [0, 0.1) is 6.92 Å². The third-order valence-electron chi connectivity index (χ3n) is 1.32. The molecule has 0 atom stereocenters. The minimum Gasteiger partial charge on any atom is -0.382 e. The van der Waals surface area contributed by atoms with E-state index in [2.05, 4.69) is 5.10 Å². The maximum Gasteiger partial charge on any atom is 0.408 e. The minimum absolute atomic E-state index is 0.138. The molecule has 0 spiro atoms. The van der Waals surface area contributed by atoms with Crippen molar-refractivity contribution in [3.63, 3.8) is 0 Å². The molecule has 0 aliphatic carbocycles. The number of aryl methyl sites for hydroxylation is 1. The van der Waals surface area contributed by atoms with Gasteiger partial charge in [-0.3, -0.25) is 4.68 Å². The maximum atomic E-state index is 11.8. The van der Waals surface area contributed by atoms with E-state index in [1.165, 1.54) is 6.20 Å². The van der Waals surface area contributed by atoms with E-state index in [9.17, 15) is 13.2 Å². The Morgan fingerprint density at radius 3 is 2.50 bits per heavy atom. The highest BCUT2D eigenvalue weighted by Crippen LogP contribution is 2.18. The van der Waals surface area contributed by atoms with Crippen molar-refractivity contribution in [1.82, 2.24) is 9.78 Å². The van der Waals surface area contributed by atoms with Crippen LogP contribution in [0.5, 0.6) is 0 Å². The van der Waals surface area contributed by atoms with E-state index in [0.29, 0.717) is 5.56 Å². The summed E-state index contributed by atoms with van der Waals surface area (Å²) < 4.78 is 36.1. The normalized spacial score (nSPS) is 12.0. The fourth-order valence-electron chi connectivity index (χ4n) is 0.800. The summed E-state index contributed by atoms with van der Waals surface area (Å²) in [7, 11) is 0. The molecule has 1 aromatic rings. The molecule has 0 bridgehead atoms. The molecule has 0 amide bonds. The average Bonchev–Trinajstić information content (AvgIpc) is 2.07. The minimum atomic E-state index is -4.25. The van der Waals surface area contributed by atoms with Crippen LogP contribution in [-0.4, -0.2) is 16.0 Å². The zero-order valence-corrected chi connectivity index (χ0v) is 6.39. The molecule has 1 rings (SSSR count). The summed E-state index contributed by atoms with van der Waals surface area (Å²) >= 11 is 0. The Morgan fingerprint density at radius 1 is 1.58 bits per heavy atom. The van der Waals surface area contributed by atoms with Gasteiger partial charge in [0.05, 0.1) is 0 Å². The molecule has 6 heteroatoms. The Labute approximate surface area is 67.0 Å². The number of hydrogen-bond donors (Lipinski definition) is 1. The van der Waals surface area contributed by atoms with Gasteiger partial charge in [0.2, 0.25) is 0 Å². The number of alkyl halides is 3. The quantitative estimate of drug-likeness (QED) is 0.706. The van der Waals surface area contributed by atoms with Crippen LogP contribution in [0.2, 0.25) is 0 Å². The Bertz CT molecular complexity index is 257. The molecular weight excluding hydrogens is 171 g/mol. The second kappa shape index (κ2) is 2.69. The van der Waals surface area contributed by atoms with Gasteiger partial charge in [0, 0.05) is 11.8 Å². The van der Waals surface area contributed by atoms with Crippen molar-refractivity contribution in [2.24, 2.45) is 0 Å². The van der Waals surface area contributed by atoms with Gasteiger partial charge in [0.15, 0.2) is 0 Å². The van der Waals surface area contributed by atoms with Crippen molar-refractivity contribution in [1.29, 1.82) is 0 Å². The predicted octanol–water partition coefficient (Wildman–Crippen LogP) is 1.34. The second-order valence-corrected chi connectivity index (χ2v) is 2.51. The standard InChI is InChI=1S/C6H8F3N3/c1-4-2-12(11-5(4)10)3-6(7,8)9/h2H,3H2,1H3,(H2,10,11). The number of nitrogens with zero attached hydrogens (tertiary/aromatic N) is 2. The first-order chi connectivity index (χ1) is 5.38. The Morgan fingerprint density at radius 2 is 2.17 bits per heavy atom. The van der Waals surface area contributed by atoms with Crippen LogP contribution in [-0.2, 0) is 6.54 Å². The van der Waals surface area contributed by atoms with Gasteiger partial charge >= 0.3 is 6.18 Å². The number of halogens is 3. The van der Waals surface area contributed by atoms with E-state index in [4.69, 9.17) is 5.73 Å². The molecule has 0 aromatic carbocycles. The van der Waals surface area contributed by atoms with E-state index in [1.54, 1.807) is 6.92 Å². The van der Waals surface area contributed by atoms with Gasteiger partial charge in [0.1, 0.15) is 12.4 Å². The van der Waals surface area contributed by atoms with Gasteiger partial charge in [-0.25, -0.2) is 0 Å². The molecule has 0 saturated heterocycles. The molecule has 12 heavy (non-hydrogen) atoms. The fraction of sp³-hybridized carbons (Fsp3) is 0.500. The topological polar surface area (TPSA) is 43.8 Å². The van der Waals surface area contributed by atoms with Crippen LogP contribution in [0.1, 0.15) is 5.56 Å². The van der Waals surface area contributed by atoms with Gasteiger partial charge in [-0.1, -0.05) is 0 Å². The molecular formula is C6H8F3N3. The molecule has 0 radical (unpaired) electrons. The summed E-state index contributed by atoms with van der Waals surface area (Å²) in [5, 5.41) is 3.47. The molecule has 1 aromatic heterocycles. The molecule has 0 aliphatic heterocycles. The first-order valence-electron chi connectivity index (χ1n) is 3.25. The first kappa shape index (κ1) is 8.89. The fourth-order valence-corrected chi connectivity index (χ4v) is 0.800. The number of anilines is 1. The summed E-state index contributed by atoms with van der Waals surface area (Å²) in [6.07, 6.45) is -2.98. The summed E-state index contributed by atoms with van der Waals surface area (Å²) in [6, 6.07) is 0. The highest BCUT2D eigenvalue weighted by molar-refractivity contribution is 5.35. The lowest BCUT2D eigenvalue weighted by Gasteiger charge is -2.04. The number of rotatable bonds is 1. The number of nitrogen functional groups attached to an aromatic ring is 1. The molecule has 0 unspecified atom stereocenters. The summed E-state index contributed by atoms with van der Waals surface area (Å²) in [4.78, 5) is 0. The largest absolute Gasteiger partial charge is 0.408 e. The third kappa shape index (κ3) is 2.14. The summed E-state index contributed by atoms with van der Waals surface area (Å²) in [5.74, 6) is 0.138. The Hall–Kier alpha value is -1.20. The van der Waals surface area contributed by atoms with Gasteiger partial charge in [-0.2, -0.15) is 18.3 Å². The van der Waals surface area contributed by atoms with Crippen LogP contribution in [0.25, 0.3) is 0 Å². The maximum absolute atomic E-state index is 11.8. The Kier molecular flexibility index (Phi) is 1.99. The molecule has 2 N–H and O–H groups in total. The van der Waals surface area contributed by atoms with Crippen LogP contribution in [0.3, 0.4) is 0 Å². The molecule has 68 valence electrons. The predicted molar refractivity (Wildman–Crippen MR) is 37.4 cm³/mol.